The van der Waals surface area contributed by atoms with Crippen molar-refractivity contribution < 1.29 is 0 Å². The summed E-state index contributed by atoms with van der Waals surface area (Å²) in [6, 6.07) is 2.12. The fourth-order valence-electron chi connectivity index (χ4n) is 1.27. The minimum Gasteiger partial charge on any atom is -0.284 e. The quantitative estimate of drug-likeness (QED) is 0.586. The summed E-state index contributed by atoms with van der Waals surface area (Å²) in [5.74, 6) is 0. The van der Waals surface area contributed by atoms with Crippen LogP contribution in [0.25, 0.3) is 12.2 Å². The number of hydrogen-bond acceptors (Lipinski definition) is 0. The van der Waals surface area contributed by atoms with E-state index in [1.165, 1.54) is 23.4 Å². The molecule has 0 saturated heterocycles. The summed E-state index contributed by atoms with van der Waals surface area (Å²) in [5.41, 5.74) is 0. The second-order valence-electron chi connectivity index (χ2n) is 2.45. The van der Waals surface area contributed by atoms with Crippen LogP contribution in [-0.4, -0.2) is 3.59 Å². The van der Waals surface area contributed by atoms with Crippen molar-refractivity contribution >= 4 is 28.3 Å². The van der Waals surface area contributed by atoms with Gasteiger partial charge in [0.15, 0.2) is 0 Å². The first-order valence-electron chi connectivity index (χ1n) is 3.42. The molecule has 0 atom stereocenters. The Morgan fingerprint density at radius 3 is 2.90 bits per heavy atom. The molecule has 0 aromatic carbocycles. The zero-order valence-electron chi connectivity index (χ0n) is 5.55. The van der Waals surface area contributed by atoms with E-state index in [1.807, 2.05) is 9.79 Å². The van der Waals surface area contributed by atoms with Crippen molar-refractivity contribution in [2.24, 2.45) is 0 Å². The third-order valence-corrected chi connectivity index (χ3v) is 2.40. The molecule has 0 radical (unpaired) electrons. The summed E-state index contributed by atoms with van der Waals surface area (Å²) in [4.78, 5) is 0. The second kappa shape index (κ2) is 2.27. The van der Waals surface area contributed by atoms with E-state index in [2.05, 4.69) is 34.4 Å². The number of nitrogens with zero attached hydrogens (tertiary/aromatic N) is 1. The smallest absolute Gasteiger partial charge is 0.0548 e. The maximum Gasteiger partial charge on any atom is 0.0548 e. The maximum absolute atomic E-state index is 3.42. The van der Waals surface area contributed by atoms with Gasteiger partial charge in [0.1, 0.15) is 0 Å². The van der Waals surface area contributed by atoms with E-state index in [1.54, 1.807) is 0 Å². The summed E-state index contributed by atoms with van der Waals surface area (Å²) in [5, 5.41) is 2.65. The van der Waals surface area contributed by atoms with Gasteiger partial charge in [0.05, 0.1) is 21.5 Å². The first-order chi connectivity index (χ1) is 4.88. The molecule has 0 bridgehead atoms. The van der Waals surface area contributed by atoms with Gasteiger partial charge in [0.2, 0.25) is 0 Å². The first-order valence-corrected chi connectivity index (χ1v) is 4.13. The molecule has 0 saturated carbocycles. The van der Waals surface area contributed by atoms with Crippen LogP contribution in [0.15, 0.2) is 12.3 Å². The second-order valence-corrected chi connectivity index (χ2v) is 3.22. The zero-order chi connectivity index (χ0) is 6.97. The van der Waals surface area contributed by atoms with Crippen LogP contribution in [0.3, 0.4) is 0 Å². The van der Waals surface area contributed by atoms with Crippen molar-refractivity contribution in [2.75, 3.05) is 0 Å². The molecule has 2 rings (SSSR count). The van der Waals surface area contributed by atoms with Gasteiger partial charge < -0.3 is 0 Å². The van der Waals surface area contributed by atoms with E-state index >= 15 is 0 Å². The van der Waals surface area contributed by atoms with E-state index in [0.717, 1.165) is 0 Å². The molecular weight excluding hydrogens is 190 g/mol. The molecule has 0 unspecified atom stereocenters. The van der Waals surface area contributed by atoms with Crippen LogP contribution in [0.1, 0.15) is 12.8 Å². The molecule has 1 aliphatic rings. The van der Waals surface area contributed by atoms with Crippen molar-refractivity contribution in [3.05, 3.63) is 22.8 Å². The van der Waals surface area contributed by atoms with Crippen molar-refractivity contribution in [3.63, 3.8) is 0 Å². The number of fused-ring (bicyclic) bond motifs is 1. The molecular formula is C8H8BrN. The topological polar surface area (TPSA) is 4.93 Å². The van der Waals surface area contributed by atoms with Gasteiger partial charge >= 0.3 is 0 Å². The Bertz CT molecular complexity index is 348. The molecule has 1 nitrogen and oxygen atoms in total. The lowest BCUT2D eigenvalue weighted by Gasteiger charge is -1.94. The highest BCUT2D eigenvalue weighted by molar-refractivity contribution is 9.08. The Hall–Kier alpha value is -0.500. The van der Waals surface area contributed by atoms with E-state index in [-0.39, 0.29) is 0 Å². The van der Waals surface area contributed by atoms with Crippen LogP contribution in [0.2, 0.25) is 0 Å². The predicted octanol–water partition coefficient (Wildman–Crippen LogP) is 1.00. The SMILES string of the molecule is Brn1ccc2c1=CCCC=2. The molecule has 0 N–H and O–H groups in total. The number of halogens is 1. The van der Waals surface area contributed by atoms with Crippen molar-refractivity contribution in [1.82, 2.24) is 3.59 Å². The minimum atomic E-state index is 1.17. The lowest BCUT2D eigenvalue weighted by molar-refractivity contribution is 1.09. The summed E-state index contributed by atoms with van der Waals surface area (Å²) < 4.78 is 1.98. The highest BCUT2D eigenvalue weighted by atomic mass is 79.9. The van der Waals surface area contributed by atoms with Crippen LogP contribution in [0.5, 0.6) is 0 Å². The van der Waals surface area contributed by atoms with E-state index in [9.17, 15) is 0 Å². The molecule has 0 spiro atoms. The molecule has 1 aromatic rings. The van der Waals surface area contributed by atoms with Gasteiger partial charge in [-0.25, -0.2) is 0 Å². The van der Waals surface area contributed by atoms with Gasteiger partial charge in [-0.1, -0.05) is 12.2 Å². The maximum atomic E-state index is 3.42. The lowest BCUT2D eigenvalue weighted by Crippen LogP contribution is -2.26. The van der Waals surface area contributed by atoms with E-state index in [0.29, 0.717) is 0 Å². The van der Waals surface area contributed by atoms with Gasteiger partial charge in [-0.2, -0.15) is 0 Å². The molecule has 0 amide bonds. The van der Waals surface area contributed by atoms with E-state index in [4.69, 9.17) is 0 Å². The molecule has 1 aromatic heterocycles. The zero-order valence-corrected chi connectivity index (χ0v) is 7.13. The Morgan fingerprint density at radius 2 is 2.10 bits per heavy atom. The summed E-state index contributed by atoms with van der Waals surface area (Å²) in [7, 11) is 0. The van der Waals surface area contributed by atoms with Gasteiger partial charge in [-0.3, -0.25) is 3.59 Å². The average Bonchev–Trinajstić information content (AvgIpc) is 2.34. The Kier molecular flexibility index (Phi) is 1.42. The summed E-state index contributed by atoms with van der Waals surface area (Å²) in [6.45, 7) is 0. The highest BCUT2D eigenvalue weighted by Gasteiger charge is 1.95. The number of aromatic nitrogens is 1. The molecule has 52 valence electrons. The van der Waals surface area contributed by atoms with Crippen LogP contribution in [-0.2, 0) is 0 Å². The summed E-state index contributed by atoms with van der Waals surface area (Å²) >= 11 is 3.42. The Morgan fingerprint density at radius 1 is 1.30 bits per heavy atom. The standard InChI is InChI=1S/C8H8BrN/c9-10-6-5-7-3-1-2-4-8(7)10/h3-6H,1-2H2. The third kappa shape index (κ3) is 0.833. The highest BCUT2D eigenvalue weighted by Crippen LogP contribution is 1.96. The van der Waals surface area contributed by atoms with Crippen LogP contribution >= 0.6 is 16.1 Å². The molecule has 1 heterocycles. The lowest BCUT2D eigenvalue weighted by atomic mass is 10.2. The molecule has 2 heteroatoms. The van der Waals surface area contributed by atoms with E-state index < -0.39 is 0 Å². The largest absolute Gasteiger partial charge is 0.284 e. The Labute approximate surface area is 68.0 Å². The first kappa shape index (κ1) is 6.23. The Balaban J connectivity index is 2.89. The third-order valence-electron chi connectivity index (χ3n) is 1.78. The van der Waals surface area contributed by atoms with Gasteiger partial charge in [-0.15, -0.1) is 0 Å². The fraction of sp³-hybridized carbons (Fsp3) is 0.250. The predicted molar refractivity (Wildman–Crippen MR) is 46.2 cm³/mol. The van der Waals surface area contributed by atoms with Gasteiger partial charge in [-0.05, 0) is 24.1 Å². The van der Waals surface area contributed by atoms with Gasteiger partial charge in [0.25, 0.3) is 0 Å². The normalized spacial score (nSPS) is 15.3. The average molecular weight is 198 g/mol. The molecule has 10 heavy (non-hydrogen) atoms. The number of hydrogen-bond donors (Lipinski definition) is 0. The van der Waals surface area contributed by atoms with Crippen LogP contribution < -0.4 is 10.6 Å². The number of rotatable bonds is 0. The van der Waals surface area contributed by atoms with Crippen molar-refractivity contribution in [1.29, 1.82) is 0 Å². The van der Waals surface area contributed by atoms with Crippen molar-refractivity contribution in [3.8, 4) is 0 Å². The summed E-state index contributed by atoms with van der Waals surface area (Å²) in [6.07, 6.45) is 8.91. The van der Waals surface area contributed by atoms with Crippen molar-refractivity contribution in [2.45, 2.75) is 12.8 Å². The molecule has 1 aliphatic carbocycles. The van der Waals surface area contributed by atoms with Gasteiger partial charge in [0, 0.05) is 6.20 Å². The molecule has 0 fully saturated rings. The minimum absolute atomic E-state index is 1.17. The van der Waals surface area contributed by atoms with Crippen LogP contribution in [0, 0.1) is 0 Å². The monoisotopic (exact) mass is 197 g/mol. The fourth-order valence-corrected chi connectivity index (χ4v) is 1.74. The molecule has 0 aliphatic heterocycles. The van der Waals surface area contributed by atoms with Crippen LogP contribution in [0.4, 0.5) is 0 Å².